The molecule has 0 aliphatic rings. The fraction of sp³-hybridized carbons (Fsp3) is 0.231. The van der Waals surface area contributed by atoms with Crippen molar-refractivity contribution in [2.24, 2.45) is 0 Å². The van der Waals surface area contributed by atoms with Crippen molar-refractivity contribution in [2.75, 3.05) is 5.75 Å². The van der Waals surface area contributed by atoms with Crippen molar-refractivity contribution in [1.29, 1.82) is 0 Å². The number of fused-ring (bicyclic) bond motifs is 1. The molecule has 0 saturated carbocycles. The highest BCUT2D eigenvalue weighted by molar-refractivity contribution is 7.80. The summed E-state index contributed by atoms with van der Waals surface area (Å²) in [5, 5.41) is 2.72. The van der Waals surface area contributed by atoms with Crippen LogP contribution in [0.25, 0.3) is 10.8 Å². The maximum Gasteiger partial charge on any atom is -0.00947 e. The first kappa shape index (κ1) is 9.60. The van der Waals surface area contributed by atoms with Crippen molar-refractivity contribution in [3.05, 3.63) is 48.0 Å². The standard InChI is InChI=1S/C13H14S/c14-10-4-8-12-7-3-6-11-5-1-2-9-13(11)12/h1-3,5-7,9,14H,4,8,10H2. The molecule has 2 aromatic rings. The van der Waals surface area contributed by atoms with E-state index in [1.165, 1.54) is 16.3 Å². The highest BCUT2D eigenvalue weighted by Crippen LogP contribution is 2.19. The van der Waals surface area contributed by atoms with E-state index in [4.69, 9.17) is 0 Å². The van der Waals surface area contributed by atoms with Crippen LogP contribution in [0.1, 0.15) is 12.0 Å². The minimum absolute atomic E-state index is 0.962. The largest absolute Gasteiger partial charge is 0.179 e. The van der Waals surface area contributed by atoms with E-state index in [-0.39, 0.29) is 0 Å². The average Bonchev–Trinajstić information content (AvgIpc) is 2.26. The number of rotatable bonds is 3. The topological polar surface area (TPSA) is 0 Å². The van der Waals surface area contributed by atoms with Crippen LogP contribution in [-0.4, -0.2) is 5.75 Å². The molecule has 0 radical (unpaired) electrons. The second-order valence-corrected chi connectivity index (χ2v) is 3.91. The Bertz CT molecular complexity index is 415. The van der Waals surface area contributed by atoms with Gasteiger partial charge in [-0.2, -0.15) is 12.6 Å². The van der Waals surface area contributed by atoms with Gasteiger partial charge in [0.1, 0.15) is 0 Å². The molecule has 0 N–H and O–H groups in total. The summed E-state index contributed by atoms with van der Waals surface area (Å²) in [6, 6.07) is 15.1. The number of hydrogen-bond acceptors (Lipinski definition) is 1. The second-order valence-electron chi connectivity index (χ2n) is 3.47. The number of benzene rings is 2. The van der Waals surface area contributed by atoms with E-state index in [1.54, 1.807) is 0 Å². The lowest BCUT2D eigenvalue weighted by atomic mass is 10.0. The molecule has 0 amide bonds. The van der Waals surface area contributed by atoms with Crippen LogP contribution in [0.5, 0.6) is 0 Å². The maximum absolute atomic E-state index is 4.25. The first-order chi connectivity index (χ1) is 6.92. The molecular formula is C13H14S. The van der Waals surface area contributed by atoms with Crippen molar-refractivity contribution in [2.45, 2.75) is 12.8 Å². The van der Waals surface area contributed by atoms with Crippen molar-refractivity contribution < 1.29 is 0 Å². The lowest BCUT2D eigenvalue weighted by Gasteiger charge is -2.04. The highest BCUT2D eigenvalue weighted by Gasteiger charge is 1.98. The van der Waals surface area contributed by atoms with Gasteiger partial charge in [0.15, 0.2) is 0 Å². The Kier molecular flexibility index (Phi) is 3.10. The zero-order chi connectivity index (χ0) is 9.80. The number of aryl methyl sites for hydroxylation is 1. The molecule has 2 aromatic carbocycles. The molecule has 1 heteroatoms. The van der Waals surface area contributed by atoms with Crippen LogP contribution >= 0.6 is 12.6 Å². The van der Waals surface area contributed by atoms with Gasteiger partial charge < -0.3 is 0 Å². The number of hydrogen-bond donors (Lipinski definition) is 1. The van der Waals surface area contributed by atoms with E-state index >= 15 is 0 Å². The van der Waals surface area contributed by atoms with Crippen LogP contribution in [0, 0.1) is 0 Å². The zero-order valence-corrected chi connectivity index (χ0v) is 9.00. The van der Waals surface area contributed by atoms with E-state index < -0.39 is 0 Å². The van der Waals surface area contributed by atoms with E-state index in [1.807, 2.05) is 0 Å². The monoisotopic (exact) mass is 202 g/mol. The smallest absolute Gasteiger partial charge is 0.00947 e. The van der Waals surface area contributed by atoms with Gasteiger partial charge in [0, 0.05) is 0 Å². The third kappa shape index (κ3) is 1.93. The summed E-state index contributed by atoms with van der Waals surface area (Å²) in [4.78, 5) is 0. The maximum atomic E-state index is 4.25. The van der Waals surface area contributed by atoms with Crippen LogP contribution in [0.2, 0.25) is 0 Å². The van der Waals surface area contributed by atoms with Crippen molar-refractivity contribution in [3.8, 4) is 0 Å². The minimum atomic E-state index is 0.962. The summed E-state index contributed by atoms with van der Waals surface area (Å²) >= 11 is 4.25. The molecule has 0 spiro atoms. The molecule has 0 nitrogen and oxygen atoms in total. The summed E-state index contributed by atoms with van der Waals surface area (Å²) < 4.78 is 0. The Morgan fingerprint density at radius 2 is 1.71 bits per heavy atom. The van der Waals surface area contributed by atoms with Crippen molar-refractivity contribution in [3.63, 3.8) is 0 Å². The molecule has 14 heavy (non-hydrogen) atoms. The molecule has 0 aromatic heterocycles. The number of thiol groups is 1. The molecule has 0 saturated heterocycles. The lowest BCUT2D eigenvalue weighted by molar-refractivity contribution is 0.944. The molecule has 72 valence electrons. The first-order valence-corrected chi connectivity index (χ1v) is 5.62. The van der Waals surface area contributed by atoms with Crippen molar-refractivity contribution >= 4 is 23.4 Å². The quantitative estimate of drug-likeness (QED) is 0.721. The van der Waals surface area contributed by atoms with Crippen LogP contribution in [-0.2, 0) is 6.42 Å². The Labute approximate surface area is 90.4 Å². The van der Waals surface area contributed by atoms with Gasteiger partial charge in [-0.3, -0.25) is 0 Å². The van der Waals surface area contributed by atoms with Crippen molar-refractivity contribution in [1.82, 2.24) is 0 Å². The molecule has 0 bridgehead atoms. The van der Waals surface area contributed by atoms with Gasteiger partial charge in [-0.1, -0.05) is 42.5 Å². The summed E-state index contributed by atoms with van der Waals surface area (Å²) in [5.41, 5.74) is 1.44. The predicted octanol–water partition coefficient (Wildman–Crippen LogP) is 3.70. The minimum Gasteiger partial charge on any atom is -0.179 e. The van der Waals surface area contributed by atoms with Crippen LogP contribution in [0.15, 0.2) is 42.5 Å². The Morgan fingerprint density at radius 1 is 0.929 bits per heavy atom. The molecule has 0 fully saturated rings. The summed E-state index contributed by atoms with van der Waals surface area (Å²) in [5.74, 6) is 0.962. The van der Waals surface area contributed by atoms with Crippen LogP contribution in [0.4, 0.5) is 0 Å². The predicted molar refractivity (Wildman–Crippen MR) is 66.1 cm³/mol. The molecule has 0 heterocycles. The van der Waals surface area contributed by atoms with Gasteiger partial charge in [-0.15, -0.1) is 0 Å². The lowest BCUT2D eigenvalue weighted by Crippen LogP contribution is -1.87. The zero-order valence-electron chi connectivity index (χ0n) is 8.11. The van der Waals surface area contributed by atoms with E-state index in [2.05, 4.69) is 55.1 Å². The van der Waals surface area contributed by atoms with Gasteiger partial charge in [0.25, 0.3) is 0 Å². The third-order valence-corrected chi connectivity index (χ3v) is 2.80. The van der Waals surface area contributed by atoms with Crippen LogP contribution in [0.3, 0.4) is 0 Å². The summed E-state index contributed by atoms with van der Waals surface area (Å²) in [6.45, 7) is 0. The average molecular weight is 202 g/mol. The SMILES string of the molecule is SCCCc1cccc2ccccc12. The van der Waals surface area contributed by atoms with Gasteiger partial charge in [-0.25, -0.2) is 0 Å². The van der Waals surface area contributed by atoms with E-state index in [9.17, 15) is 0 Å². The molecule has 0 aliphatic heterocycles. The van der Waals surface area contributed by atoms with Crippen LogP contribution < -0.4 is 0 Å². The molecule has 0 atom stereocenters. The van der Waals surface area contributed by atoms with Gasteiger partial charge in [0.2, 0.25) is 0 Å². The summed E-state index contributed by atoms with van der Waals surface area (Å²) in [6.07, 6.45) is 2.28. The molecule has 2 rings (SSSR count). The van der Waals surface area contributed by atoms with Gasteiger partial charge in [0.05, 0.1) is 0 Å². The fourth-order valence-corrected chi connectivity index (χ4v) is 1.94. The summed E-state index contributed by atoms with van der Waals surface area (Å²) in [7, 11) is 0. The molecular weight excluding hydrogens is 188 g/mol. The molecule has 0 unspecified atom stereocenters. The Morgan fingerprint density at radius 3 is 2.57 bits per heavy atom. The second kappa shape index (κ2) is 4.52. The highest BCUT2D eigenvalue weighted by atomic mass is 32.1. The fourth-order valence-electron chi connectivity index (χ4n) is 1.78. The third-order valence-electron chi connectivity index (χ3n) is 2.48. The first-order valence-electron chi connectivity index (χ1n) is 4.99. The molecule has 0 aliphatic carbocycles. The Balaban J connectivity index is 2.43. The van der Waals surface area contributed by atoms with Gasteiger partial charge in [-0.05, 0) is 34.9 Å². The Hall–Kier alpha value is -0.950. The van der Waals surface area contributed by atoms with Gasteiger partial charge >= 0.3 is 0 Å². The normalized spacial score (nSPS) is 10.6. The van der Waals surface area contributed by atoms with E-state index in [0.29, 0.717) is 0 Å². The van der Waals surface area contributed by atoms with E-state index in [0.717, 1.165) is 18.6 Å².